The topological polar surface area (TPSA) is 80.5 Å². The van der Waals surface area contributed by atoms with Gasteiger partial charge in [0, 0.05) is 25.1 Å². The van der Waals surface area contributed by atoms with E-state index < -0.39 is 0 Å². The third-order valence-corrected chi connectivity index (χ3v) is 5.18. The van der Waals surface area contributed by atoms with Crippen molar-refractivity contribution in [3.63, 3.8) is 0 Å². The molecule has 0 atom stereocenters. The fourth-order valence-corrected chi connectivity index (χ4v) is 3.52. The number of hydrogen-bond acceptors (Lipinski definition) is 4. The van der Waals surface area contributed by atoms with Gasteiger partial charge in [0.2, 0.25) is 5.96 Å². The molecule has 1 aliphatic rings. The number of benzene rings is 1. The Morgan fingerprint density at radius 2 is 1.89 bits per heavy atom. The van der Waals surface area contributed by atoms with Gasteiger partial charge in [-0.25, -0.2) is 4.39 Å². The van der Waals surface area contributed by atoms with E-state index >= 15 is 0 Å². The fraction of sp³-hybridized carbons (Fsp3) is 0.571. The second-order valence-corrected chi connectivity index (χ2v) is 7.14. The van der Waals surface area contributed by atoms with E-state index in [1.165, 1.54) is 18.6 Å². The summed E-state index contributed by atoms with van der Waals surface area (Å²) in [5.41, 5.74) is 0.620. The van der Waals surface area contributed by atoms with Crippen LogP contribution in [0.1, 0.15) is 48.9 Å². The minimum Gasteiger partial charge on any atom is -0.356 e. The summed E-state index contributed by atoms with van der Waals surface area (Å²) in [5.74, 6) is 0.415. The number of carbonyl (C=O) groups excluding carboxylic acids is 1. The number of piperidine rings is 1. The molecule has 1 aromatic rings. The number of hydrogen-bond donors (Lipinski definition) is 2. The molecule has 0 saturated carbocycles. The maximum absolute atomic E-state index is 13.0. The van der Waals surface area contributed by atoms with Gasteiger partial charge in [-0.1, -0.05) is 12.8 Å². The van der Waals surface area contributed by atoms with Crippen LogP contribution in [0, 0.1) is 23.2 Å². The van der Waals surface area contributed by atoms with E-state index in [2.05, 4.69) is 20.5 Å². The Labute approximate surface area is 166 Å². The monoisotopic (exact) mass is 387 g/mol. The molecule has 7 heteroatoms. The summed E-state index contributed by atoms with van der Waals surface area (Å²) >= 11 is 0. The number of likely N-dealkylation sites (tertiary alicyclic amines) is 1. The molecule has 2 rings (SSSR count). The molecule has 1 aromatic carbocycles. The number of aliphatic imine (C=N–C) groups is 1. The van der Waals surface area contributed by atoms with Gasteiger partial charge in [-0.3, -0.25) is 15.1 Å². The Hall–Kier alpha value is -2.46. The SMILES string of the molecule is C/N=C(\NC#N)NCCCCCCN1CCC(C(=O)c2ccc(F)cc2)CC1. The van der Waals surface area contributed by atoms with E-state index in [9.17, 15) is 9.18 Å². The van der Waals surface area contributed by atoms with Gasteiger partial charge in [0.05, 0.1) is 0 Å². The summed E-state index contributed by atoms with van der Waals surface area (Å²) in [6.07, 6.45) is 8.11. The Bertz CT molecular complexity index is 675. The van der Waals surface area contributed by atoms with Crippen molar-refractivity contribution in [2.75, 3.05) is 33.2 Å². The smallest absolute Gasteiger partial charge is 0.204 e. The number of nitriles is 1. The van der Waals surface area contributed by atoms with Gasteiger partial charge in [0.1, 0.15) is 5.82 Å². The van der Waals surface area contributed by atoms with E-state index in [0.717, 1.165) is 58.3 Å². The zero-order chi connectivity index (χ0) is 20.2. The molecule has 0 aromatic heterocycles. The van der Waals surface area contributed by atoms with Gasteiger partial charge in [-0.05, 0) is 69.6 Å². The number of nitrogens with zero attached hydrogens (tertiary/aromatic N) is 3. The van der Waals surface area contributed by atoms with Crippen LogP contribution in [0.2, 0.25) is 0 Å². The zero-order valence-corrected chi connectivity index (χ0v) is 16.6. The van der Waals surface area contributed by atoms with Gasteiger partial charge in [0.25, 0.3) is 0 Å². The summed E-state index contributed by atoms with van der Waals surface area (Å²) in [6, 6.07) is 5.89. The van der Waals surface area contributed by atoms with Crippen molar-refractivity contribution in [3.05, 3.63) is 35.6 Å². The van der Waals surface area contributed by atoms with E-state index in [-0.39, 0.29) is 17.5 Å². The lowest BCUT2D eigenvalue weighted by molar-refractivity contribution is 0.0839. The quantitative estimate of drug-likeness (QED) is 0.170. The van der Waals surface area contributed by atoms with Crippen molar-refractivity contribution in [1.29, 1.82) is 5.26 Å². The average Bonchev–Trinajstić information content (AvgIpc) is 2.72. The minimum absolute atomic E-state index is 0.0595. The van der Waals surface area contributed by atoms with Crippen LogP contribution in [-0.4, -0.2) is 49.9 Å². The molecule has 1 fully saturated rings. The van der Waals surface area contributed by atoms with Crippen LogP contribution < -0.4 is 10.6 Å². The van der Waals surface area contributed by atoms with Crippen LogP contribution in [-0.2, 0) is 0 Å². The molecule has 0 radical (unpaired) electrons. The minimum atomic E-state index is -0.306. The fourth-order valence-electron chi connectivity index (χ4n) is 3.52. The average molecular weight is 388 g/mol. The lowest BCUT2D eigenvalue weighted by Gasteiger charge is -2.31. The standard InChI is InChI=1S/C21H30FN5O/c1-24-21(26-16-23)25-12-4-2-3-5-13-27-14-10-18(11-15-27)20(28)17-6-8-19(22)9-7-17/h6-9,18H,2-5,10-15H2,1H3,(H2,24,25,26). The van der Waals surface area contributed by atoms with E-state index in [0.29, 0.717) is 11.5 Å². The summed E-state index contributed by atoms with van der Waals surface area (Å²) in [7, 11) is 1.64. The first-order chi connectivity index (χ1) is 13.6. The molecule has 28 heavy (non-hydrogen) atoms. The van der Waals surface area contributed by atoms with Crippen molar-refractivity contribution >= 4 is 11.7 Å². The van der Waals surface area contributed by atoms with Gasteiger partial charge in [-0.15, -0.1) is 0 Å². The van der Waals surface area contributed by atoms with Gasteiger partial charge < -0.3 is 10.2 Å². The molecule has 1 saturated heterocycles. The highest BCUT2D eigenvalue weighted by atomic mass is 19.1. The van der Waals surface area contributed by atoms with Crippen molar-refractivity contribution in [2.24, 2.45) is 10.9 Å². The first-order valence-electron chi connectivity index (χ1n) is 10.0. The van der Waals surface area contributed by atoms with Crippen molar-refractivity contribution in [1.82, 2.24) is 15.5 Å². The molecule has 0 unspecified atom stereocenters. The van der Waals surface area contributed by atoms with E-state index in [1.54, 1.807) is 19.2 Å². The molecule has 0 spiro atoms. The second-order valence-electron chi connectivity index (χ2n) is 7.14. The summed E-state index contributed by atoms with van der Waals surface area (Å²) in [6.45, 7) is 3.78. The number of nitrogens with one attached hydrogen (secondary N) is 2. The molecule has 2 N–H and O–H groups in total. The molecular weight excluding hydrogens is 357 g/mol. The first-order valence-corrected chi connectivity index (χ1v) is 10.0. The van der Waals surface area contributed by atoms with E-state index in [4.69, 9.17) is 5.26 Å². The molecule has 1 aliphatic heterocycles. The molecular formula is C21H30FN5O. The Morgan fingerprint density at radius 3 is 2.54 bits per heavy atom. The summed E-state index contributed by atoms with van der Waals surface area (Å²) in [5, 5.41) is 14.2. The molecule has 0 aliphatic carbocycles. The van der Waals surface area contributed by atoms with Gasteiger partial charge in [-0.2, -0.15) is 5.26 Å². The van der Waals surface area contributed by atoms with Gasteiger partial charge >= 0.3 is 0 Å². The Balaban J connectivity index is 1.55. The summed E-state index contributed by atoms with van der Waals surface area (Å²) in [4.78, 5) is 18.9. The maximum atomic E-state index is 13.0. The number of guanidine groups is 1. The number of halogens is 1. The number of Topliss-reactive ketones (excluding diaryl/α,β-unsaturated/α-hetero) is 1. The lowest BCUT2D eigenvalue weighted by atomic mass is 9.89. The second kappa shape index (κ2) is 12.1. The predicted octanol–water partition coefficient (Wildman–Crippen LogP) is 2.93. The van der Waals surface area contributed by atoms with Crippen molar-refractivity contribution in [2.45, 2.75) is 38.5 Å². The third kappa shape index (κ3) is 7.28. The van der Waals surface area contributed by atoms with Crippen LogP contribution >= 0.6 is 0 Å². The highest BCUT2D eigenvalue weighted by Gasteiger charge is 2.25. The largest absolute Gasteiger partial charge is 0.356 e. The predicted molar refractivity (Wildman–Crippen MR) is 108 cm³/mol. The van der Waals surface area contributed by atoms with Crippen LogP contribution in [0.3, 0.4) is 0 Å². The Morgan fingerprint density at radius 1 is 1.21 bits per heavy atom. The van der Waals surface area contributed by atoms with Crippen molar-refractivity contribution in [3.8, 4) is 6.19 Å². The van der Waals surface area contributed by atoms with Crippen molar-refractivity contribution < 1.29 is 9.18 Å². The molecule has 0 bridgehead atoms. The zero-order valence-electron chi connectivity index (χ0n) is 16.6. The number of ketones is 1. The Kier molecular flexibility index (Phi) is 9.43. The van der Waals surface area contributed by atoms with Crippen LogP contribution in [0.4, 0.5) is 4.39 Å². The maximum Gasteiger partial charge on any atom is 0.204 e. The highest BCUT2D eigenvalue weighted by Crippen LogP contribution is 2.22. The number of carbonyl (C=O) groups is 1. The van der Waals surface area contributed by atoms with Gasteiger partial charge in [0.15, 0.2) is 12.0 Å². The lowest BCUT2D eigenvalue weighted by Crippen LogP contribution is -2.37. The van der Waals surface area contributed by atoms with Crippen LogP contribution in [0.25, 0.3) is 0 Å². The molecule has 1 heterocycles. The molecule has 6 nitrogen and oxygen atoms in total. The molecule has 152 valence electrons. The molecule has 0 amide bonds. The number of unbranched alkanes of at least 4 members (excludes halogenated alkanes) is 3. The number of rotatable bonds is 9. The first kappa shape index (κ1) is 21.8. The van der Waals surface area contributed by atoms with Crippen LogP contribution in [0.5, 0.6) is 0 Å². The van der Waals surface area contributed by atoms with Crippen LogP contribution in [0.15, 0.2) is 29.3 Å². The highest BCUT2D eigenvalue weighted by molar-refractivity contribution is 5.97. The third-order valence-electron chi connectivity index (χ3n) is 5.18. The van der Waals surface area contributed by atoms with E-state index in [1.807, 2.05) is 6.19 Å². The normalized spacial score (nSPS) is 15.8. The summed E-state index contributed by atoms with van der Waals surface area (Å²) < 4.78 is 13.0.